The van der Waals surface area contributed by atoms with Crippen molar-refractivity contribution < 1.29 is 4.74 Å². The minimum Gasteiger partial charge on any atom is -0.384 e. The second-order valence-electron chi connectivity index (χ2n) is 5.23. The Balaban J connectivity index is 1.91. The Morgan fingerprint density at radius 2 is 2.11 bits per heavy atom. The fourth-order valence-corrected chi connectivity index (χ4v) is 2.32. The molecule has 1 aliphatic rings. The van der Waals surface area contributed by atoms with Crippen LogP contribution in [0.5, 0.6) is 0 Å². The molecule has 2 rings (SSSR count). The molecule has 0 aromatic carbocycles. The van der Waals surface area contributed by atoms with Gasteiger partial charge in [0.1, 0.15) is 5.82 Å². The van der Waals surface area contributed by atoms with E-state index in [1.807, 2.05) is 18.3 Å². The van der Waals surface area contributed by atoms with Crippen molar-refractivity contribution in [3.63, 3.8) is 0 Å². The Bertz CT molecular complexity index is 369. The normalized spacial score (nSPS) is 18.9. The molecular weight excluding hydrogens is 226 g/mol. The molecule has 0 spiro atoms. The van der Waals surface area contributed by atoms with Gasteiger partial charge >= 0.3 is 0 Å². The average Bonchev–Trinajstić information content (AvgIpc) is 2.39. The molecular formula is C14H23N3O. The number of nitrogens with zero attached hydrogens (tertiary/aromatic N) is 2. The summed E-state index contributed by atoms with van der Waals surface area (Å²) in [5.74, 6) is 0.576. The highest BCUT2D eigenvalue weighted by atomic mass is 16.5. The van der Waals surface area contributed by atoms with Crippen LogP contribution in [0.15, 0.2) is 18.3 Å². The van der Waals surface area contributed by atoms with Crippen LogP contribution in [0, 0.1) is 0 Å². The van der Waals surface area contributed by atoms with Crippen molar-refractivity contribution >= 4 is 11.5 Å². The van der Waals surface area contributed by atoms with E-state index in [0.29, 0.717) is 5.82 Å². The monoisotopic (exact) mass is 249 g/mol. The van der Waals surface area contributed by atoms with Gasteiger partial charge in [-0.3, -0.25) is 0 Å². The van der Waals surface area contributed by atoms with Crippen LogP contribution in [0.25, 0.3) is 0 Å². The van der Waals surface area contributed by atoms with Crippen LogP contribution in [0.1, 0.15) is 33.1 Å². The number of nitrogen functional groups attached to an aromatic ring is 1. The number of hydrogen-bond acceptors (Lipinski definition) is 4. The molecule has 1 aromatic rings. The lowest BCUT2D eigenvalue weighted by Crippen LogP contribution is -2.44. The van der Waals surface area contributed by atoms with Gasteiger partial charge in [-0.25, -0.2) is 4.98 Å². The Morgan fingerprint density at radius 3 is 2.67 bits per heavy atom. The molecule has 0 bridgehead atoms. The quantitative estimate of drug-likeness (QED) is 0.890. The van der Waals surface area contributed by atoms with Crippen molar-refractivity contribution in [3.8, 4) is 0 Å². The van der Waals surface area contributed by atoms with Crippen LogP contribution in [0.2, 0.25) is 0 Å². The molecule has 4 nitrogen and oxygen atoms in total. The molecule has 1 aliphatic heterocycles. The summed E-state index contributed by atoms with van der Waals surface area (Å²) in [7, 11) is 0. The second-order valence-corrected chi connectivity index (χ2v) is 5.23. The summed E-state index contributed by atoms with van der Waals surface area (Å²) >= 11 is 0. The molecule has 100 valence electrons. The Labute approximate surface area is 109 Å². The molecule has 1 fully saturated rings. The third-order valence-electron chi connectivity index (χ3n) is 3.61. The predicted octanol–water partition coefficient (Wildman–Crippen LogP) is 2.45. The average molecular weight is 249 g/mol. The number of aromatic nitrogens is 1. The lowest BCUT2D eigenvalue weighted by molar-refractivity contribution is -0.0474. The standard InChI is InChI=1S/C14H23N3O/c1-3-10-18-14(2)6-8-17(9-7-14)12-4-5-13(15)16-11-12/h4-5,11H,3,6-10H2,1-2H3,(H2,15,16). The maximum Gasteiger partial charge on any atom is 0.123 e. The van der Waals surface area contributed by atoms with Gasteiger partial charge in [-0.1, -0.05) is 6.92 Å². The van der Waals surface area contributed by atoms with E-state index in [0.717, 1.165) is 44.6 Å². The van der Waals surface area contributed by atoms with Crippen molar-refractivity contribution in [2.45, 2.75) is 38.7 Å². The van der Waals surface area contributed by atoms with Gasteiger partial charge in [0.2, 0.25) is 0 Å². The summed E-state index contributed by atoms with van der Waals surface area (Å²) in [6, 6.07) is 3.90. The van der Waals surface area contributed by atoms with E-state index in [2.05, 4.69) is 23.7 Å². The van der Waals surface area contributed by atoms with Gasteiger partial charge in [0.05, 0.1) is 17.5 Å². The van der Waals surface area contributed by atoms with Gasteiger partial charge in [-0.2, -0.15) is 0 Å². The van der Waals surface area contributed by atoms with Crippen molar-refractivity contribution in [2.75, 3.05) is 30.3 Å². The smallest absolute Gasteiger partial charge is 0.123 e. The molecule has 4 heteroatoms. The SMILES string of the molecule is CCCOC1(C)CCN(c2ccc(N)nc2)CC1. The number of hydrogen-bond donors (Lipinski definition) is 1. The molecule has 1 aromatic heterocycles. The van der Waals surface area contributed by atoms with E-state index in [-0.39, 0.29) is 5.60 Å². The van der Waals surface area contributed by atoms with Crippen LogP contribution in [0.3, 0.4) is 0 Å². The first kappa shape index (κ1) is 13.1. The number of ether oxygens (including phenoxy) is 1. The summed E-state index contributed by atoms with van der Waals surface area (Å²) in [5, 5.41) is 0. The third-order valence-corrected chi connectivity index (χ3v) is 3.61. The molecule has 0 saturated carbocycles. The van der Waals surface area contributed by atoms with Crippen LogP contribution < -0.4 is 10.6 Å². The highest BCUT2D eigenvalue weighted by Crippen LogP contribution is 2.28. The predicted molar refractivity (Wildman–Crippen MR) is 74.7 cm³/mol. The molecule has 0 radical (unpaired) electrons. The van der Waals surface area contributed by atoms with Gasteiger partial charge in [-0.05, 0) is 38.3 Å². The van der Waals surface area contributed by atoms with Crippen molar-refractivity contribution in [1.82, 2.24) is 4.98 Å². The zero-order valence-corrected chi connectivity index (χ0v) is 11.4. The zero-order chi connectivity index (χ0) is 13.0. The van der Waals surface area contributed by atoms with Gasteiger partial charge in [0, 0.05) is 19.7 Å². The Morgan fingerprint density at radius 1 is 1.39 bits per heavy atom. The van der Waals surface area contributed by atoms with Crippen LogP contribution in [-0.4, -0.2) is 30.3 Å². The van der Waals surface area contributed by atoms with E-state index < -0.39 is 0 Å². The molecule has 0 unspecified atom stereocenters. The highest BCUT2D eigenvalue weighted by molar-refractivity contribution is 5.48. The summed E-state index contributed by atoms with van der Waals surface area (Å²) in [6.07, 6.45) is 5.07. The lowest BCUT2D eigenvalue weighted by Gasteiger charge is -2.40. The summed E-state index contributed by atoms with van der Waals surface area (Å²) < 4.78 is 5.96. The van der Waals surface area contributed by atoms with E-state index in [9.17, 15) is 0 Å². The maximum absolute atomic E-state index is 5.96. The summed E-state index contributed by atoms with van der Waals surface area (Å²) in [6.45, 7) is 7.28. The van der Waals surface area contributed by atoms with Gasteiger partial charge < -0.3 is 15.4 Å². The number of rotatable bonds is 4. The summed E-state index contributed by atoms with van der Waals surface area (Å²) in [4.78, 5) is 6.50. The van der Waals surface area contributed by atoms with E-state index in [1.54, 1.807) is 0 Å². The Kier molecular flexibility index (Phi) is 4.07. The molecule has 2 heterocycles. The largest absolute Gasteiger partial charge is 0.384 e. The number of anilines is 2. The number of piperidine rings is 1. The van der Waals surface area contributed by atoms with Gasteiger partial charge in [0.15, 0.2) is 0 Å². The van der Waals surface area contributed by atoms with Crippen molar-refractivity contribution in [2.24, 2.45) is 0 Å². The molecule has 1 saturated heterocycles. The summed E-state index contributed by atoms with van der Waals surface area (Å²) in [5.41, 5.74) is 6.81. The number of nitrogens with two attached hydrogens (primary N) is 1. The lowest BCUT2D eigenvalue weighted by atomic mass is 9.93. The zero-order valence-electron chi connectivity index (χ0n) is 11.4. The van der Waals surface area contributed by atoms with E-state index in [4.69, 9.17) is 10.5 Å². The molecule has 2 N–H and O–H groups in total. The van der Waals surface area contributed by atoms with Crippen molar-refractivity contribution in [1.29, 1.82) is 0 Å². The molecule has 18 heavy (non-hydrogen) atoms. The molecule has 0 amide bonds. The van der Waals surface area contributed by atoms with E-state index in [1.165, 1.54) is 0 Å². The fraction of sp³-hybridized carbons (Fsp3) is 0.643. The van der Waals surface area contributed by atoms with Crippen LogP contribution >= 0.6 is 0 Å². The second kappa shape index (κ2) is 5.57. The van der Waals surface area contributed by atoms with Crippen LogP contribution in [0.4, 0.5) is 11.5 Å². The van der Waals surface area contributed by atoms with E-state index >= 15 is 0 Å². The third kappa shape index (κ3) is 3.13. The van der Waals surface area contributed by atoms with Crippen LogP contribution in [-0.2, 0) is 4.74 Å². The molecule has 0 aliphatic carbocycles. The maximum atomic E-state index is 5.96. The first-order chi connectivity index (χ1) is 8.63. The highest BCUT2D eigenvalue weighted by Gasteiger charge is 2.30. The van der Waals surface area contributed by atoms with Crippen molar-refractivity contribution in [3.05, 3.63) is 18.3 Å². The minimum atomic E-state index is 0.0494. The fourth-order valence-electron chi connectivity index (χ4n) is 2.32. The first-order valence-corrected chi connectivity index (χ1v) is 6.73. The Hall–Kier alpha value is -1.29. The number of pyridine rings is 1. The minimum absolute atomic E-state index is 0.0494. The van der Waals surface area contributed by atoms with Gasteiger partial charge in [-0.15, -0.1) is 0 Å². The topological polar surface area (TPSA) is 51.4 Å². The van der Waals surface area contributed by atoms with Gasteiger partial charge in [0.25, 0.3) is 0 Å². The first-order valence-electron chi connectivity index (χ1n) is 6.73. The molecule has 0 atom stereocenters.